The molecule has 1 aliphatic carbocycles. The summed E-state index contributed by atoms with van der Waals surface area (Å²) >= 11 is 0. The maximum atomic E-state index is 12.9. The van der Waals surface area contributed by atoms with Crippen molar-refractivity contribution in [1.82, 2.24) is 9.80 Å². The van der Waals surface area contributed by atoms with Crippen molar-refractivity contribution in [3.63, 3.8) is 0 Å². The number of aliphatic imine (C=N–C) groups is 1. The molecule has 1 atom stereocenters. The fourth-order valence-electron chi connectivity index (χ4n) is 4.65. The summed E-state index contributed by atoms with van der Waals surface area (Å²) in [4.78, 5) is 24.3. The Bertz CT molecular complexity index is 1120. The summed E-state index contributed by atoms with van der Waals surface area (Å²) in [5.74, 6) is -0.0627. The number of hydrogen-bond acceptors (Lipinski definition) is 6. The molecule has 192 valence electrons. The van der Waals surface area contributed by atoms with Gasteiger partial charge in [0.15, 0.2) is 0 Å². The van der Waals surface area contributed by atoms with Gasteiger partial charge in [0.2, 0.25) is 5.78 Å². The van der Waals surface area contributed by atoms with E-state index in [1.807, 2.05) is 49.3 Å². The van der Waals surface area contributed by atoms with Crippen LogP contribution >= 0.6 is 0 Å². The molecule has 0 heterocycles. The van der Waals surface area contributed by atoms with Gasteiger partial charge in [0.1, 0.15) is 0 Å². The van der Waals surface area contributed by atoms with Crippen molar-refractivity contribution in [3.8, 4) is 0 Å². The number of nitrogens with zero attached hydrogens (tertiary/aromatic N) is 4. The lowest BCUT2D eigenvalue weighted by Gasteiger charge is -2.27. The van der Waals surface area contributed by atoms with Crippen LogP contribution in [0.25, 0.3) is 0 Å². The normalized spacial score (nSPS) is 15.7. The van der Waals surface area contributed by atoms with Crippen molar-refractivity contribution in [3.05, 3.63) is 77.6 Å². The Hall–Kier alpha value is -3.38. The van der Waals surface area contributed by atoms with E-state index in [1.165, 1.54) is 11.3 Å². The predicted molar refractivity (Wildman–Crippen MR) is 153 cm³/mol. The highest BCUT2D eigenvalue weighted by Crippen LogP contribution is 2.26. The van der Waals surface area contributed by atoms with E-state index in [9.17, 15) is 4.79 Å². The fourth-order valence-corrected chi connectivity index (χ4v) is 4.65. The number of hydrogen-bond donors (Lipinski definition) is 1. The van der Waals surface area contributed by atoms with Gasteiger partial charge in [-0.2, -0.15) is 0 Å². The summed E-state index contributed by atoms with van der Waals surface area (Å²) in [5, 5.41) is 3.31. The lowest BCUT2D eigenvalue weighted by atomic mass is 10.0. The van der Waals surface area contributed by atoms with Crippen LogP contribution in [0.4, 0.5) is 17.1 Å². The minimum Gasteiger partial charge on any atom is -0.376 e. The van der Waals surface area contributed by atoms with Crippen LogP contribution in [0.2, 0.25) is 0 Å². The molecule has 36 heavy (non-hydrogen) atoms. The third-order valence-electron chi connectivity index (χ3n) is 6.54. The Balaban J connectivity index is 1.88. The van der Waals surface area contributed by atoms with E-state index in [0.29, 0.717) is 17.8 Å². The second-order valence-corrected chi connectivity index (χ2v) is 9.87. The second kappa shape index (κ2) is 12.0. The number of rotatable bonds is 10. The molecule has 6 heteroatoms. The SMILES string of the molecule is CCC(c1ccc(NC2=C/C(=N\c3ccc(N(CC)C(C)C)cc3)C(N(C)C)=CC2=O)cc1)N(C)C. The van der Waals surface area contributed by atoms with Gasteiger partial charge in [0, 0.05) is 50.2 Å². The highest BCUT2D eigenvalue weighted by atomic mass is 16.1. The number of carbonyl (C=O) groups is 1. The quantitative estimate of drug-likeness (QED) is 0.415. The van der Waals surface area contributed by atoms with Gasteiger partial charge < -0.3 is 20.0 Å². The molecule has 0 spiro atoms. The zero-order chi connectivity index (χ0) is 26.4. The average molecular weight is 488 g/mol. The monoisotopic (exact) mass is 487 g/mol. The number of benzene rings is 2. The summed E-state index contributed by atoms with van der Waals surface area (Å²) in [6.07, 6.45) is 4.54. The van der Waals surface area contributed by atoms with E-state index in [0.717, 1.165) is 35.7 Å². The van der Waals surface area contributed by atoms with Gasteiger partial charge in [-0.15, -0.1) is 0 Å². The fraction of sp³-hybridized carbons (Fsp3) is 0.400. The van der Waals surface area contributed by atoms with E-state index in [1.54, 1.807) is 6.08 Å². The molecular formula is C30H41N5O. The smallest absolute Gasteiger partial charge is 0.204 e. The Kier molecular flexibility index (Phi) is 9.10. The van der Waals surface area contributed by atoms with Gasteiger partial charge in [-0.25, -0.2) is 4.99 Å². The number of allylic oxidation sites excluding steroid dienone is 2. The average Bonchev–Trinajstić information content (AvgIpc) is 2.83. The summed E-state index contributed by atoms with van der Waals surface area (Å²) in [7, 11) is 8.05. The molecule has 0 bridgehead atoms. The van der Waals surface area contributed by atoms with Crippen LogP contribution in [0, 0.1) is 0 Å². The molecule has 1 unspecified atom stereocenters. The Morgan fingerprint density at radius 2 is 1.53 bits per heavy atom. The van der Waals surface area contributed by atoms with Crippen molar-refractivity contribution in [2.24, 2.45) is 4.99 Å². The lowest BCUT2D eigenvalue weighted by Crippen LogP contribution is -2.30. The molecule has 1 N–H and O–H groups in total. The van der Waals surface area contributed by atoms with Crippen LogP contribution in [0.3, 0.4) is 0 Å². The third kappa shape index (κ3) is 6.43. The topological polar surface area (TPSA) is 51.2 Å². The van der Waals surface area contributed by atoms with Gasteiger partial charge in [0.05, 0.1) is 22.8 Å². The molecule has 0 saturated heterocycles. The molecule has 1 aliphatic rings. The summed E-state index contributed by atoms with van der Waals surface area (Å²) in [5.41, 5.74) is 6.23. The molecule has 0 aliphatic heterocycles. The van der Waals surface area contributed by atoms with Crippen molar-refractivity contribution >= 4 is 28.6 Å². The van der Waals surface area contributed by atoms with Crippen LogP contribution in [0.1, 0.15) is 45.7 Å². The lowest BCUT2D eigenvalue weighted by molar-refractivity contribution is -0.111. The summed E-state index contributed by atoms with van der Waals surface area (Å²) in [6, 6.07) is 17.4. The first-order chi connectivity index (χ1) is 17.1. The van der Waals surface area contributed by atoms with Crippen LogP contribution in [-0.2, 0) is 4.79 Å². The predicted octanol–water partition coefficient (Wildman–Crippen LogP) is 6.03. The Morgan fingerprint density at radius 3 is 2.03 bits per heavy atom. The van der Waals surface area contributed by atoms with Crippen LogP contribution < -0.4 is 10.2 Å². The molecule has 6 nitrogen and oxygen atoms in total. The second-order valence-electron chi connectivity index (χ2n) is 9.87. The minimum atomic E-state index is -0.0627. The van der Waals surface area contributed by atoms with Gasteiger partial charge in [0.25, 0.3) is 0 Å². The highest BCUT2D eigenvalue weighted by Gasteiger charge is 2.21. The number of carbonyl (C=O) groups excluding carboxylic acids is 1. The molecule has 0 aromatic heterocycles. The first-order valence-corrected chi connectivity index (χ1v) is 12.8. The molecule has 0 saturated carbocycles. The van der Waals surface area contributed by atoms with Crippen LogP contribution in [-0.4, -0.2) is 62.1 Å². The number of ketones is 1. The Labute approximate surface area is 217 Å². The van der Waals surface area contributed by atoms with Crippen molar-refractivity contribution in [2.75, 3.05) is 45.0 Å². The molecule has 0 fully saturated rings. The first-order valence-electron chi connectivity index (χ1n) is 12.8. The van der Waals surface area contributed by atoms with Gasteiger partial charge >= 0.3 is 0 Å². The molecule has 2 aromatic carbocycles. The maximum Gasteiger partial charge on any atom is 0.204 e. The molecule has 0 amide bonds. The molecular weight excluding hydrogens is 446 g/mol. The van der Waals surface area contributed by atoms with Crippen LogP contribution in [0.5, 0.6) is 0 Å². The van der Waals surface area contributed by atoms with E-state index >= 15 is 0 Å². The zero-order valence-corrected chi connectivity index (χ0v) is 23.0. The third-order valence-corrected chi connectivity index (χ3v) is 6.54. The Morgan fingerprint density at radius 1 is 0.889 bits per heavy atom. The molecule has 3 rings (SSSR count). The molecule has 2 aromatic rings. The van der Waals surface area contributed by atoms with Crippen LogP contribution in [0.15, 0.2) is 77.1 Å². The van der Waals surface area contributed by atoms with Gasteiger partial charge in [-0.05, 0) is 89.3 Å². The van der Waals surface area contributed by atoms with E-state index in [4.69, 9.17) is 4.99 Å². The first kappa shape index (κ1) is 27.2. The van der Waals surface area contributed by atoms with E-state index in [2.05, 4.69) is 81.2 Å². The van der Waals surface area contributed by atoms with Crippen molar-refractivity contribution in [2.45, 2.75) is 46.2 Å². The minimum absolute atomic E-state index is 0.0627. The van der Waals surface area contributed by atoms with Crippen molar-refractivity contribution < 1.29 is 4.79 Å². The largest absolute Gasteiger partial charge is 0.376 e. The number of anilines is 2. The number of nitrogens with one attached hydrogen (secondary N) is 1. The zero-order valence-electron chi connectivity index (χ0n) is 23.0. The van der Waals surface area contributed by atoms with Crippen molar-refractivity contribution in [1.29, 1.82) is 0 Å². The summed E-state index contributed by atoms with van der Waals surface area (Å²) in [6.45, 7) is 9.70. The standard InChI is InChI=1S/C30H41N5O/c1-9-28(33(5)6)22-11-13-23(14-12-22)32-27-19-26(29(34(7)8)20-30(27)36)31-24-15-17-25(18-16-24)35(10-2)21(3)4/h11-21,28,32H,9-10H2,1-8H3/b31-26+. The highest BCUT2D eigenvalue weighted by molar-refractivity contribution is 6.23. The maximum absolute atomic E-state index is 12.9. The van der Waals surface area contributed by atoms with E-state index < -0.39 is 0 Å². The summed E-state index contributed by atoms with van der Waals surface area (Å²) < 4.78 is 0. The molecule has 0 radical (unpaired) electrons. The van der Waals surface area contributed by atoms with Gasteiger partial charge in [-0.3, -0.25) is 4.79 Å². The van der Waals surface area contributed by atoms with E-state index in [-0.39, 0.29) is 5.78 Å². The van der Waals surface area contributed by atoms with Gasteiger partial charge in [-0.1, -0.05) is 19.1 Å².